The van der Waals surface area contributed by atoms with Crippen molar-refractivity contribution in [2.24, 2.45) is 7.05 Å². The van der Waals surface area contributed by atoms with Crippen LogP contribution in [0, 0.1) is 0 Å². The summed E-state index contributed by atoms with van der Waals surface area (Å²) in [5.41, 5.74) is 1.64. The van der Waals surface area contributed by atoms with Gasteiger partial charge in [-0.2, -0.15) is 0 Å². The summed E-state index contributed by atoms with van der Waals surface area (Å²) in [5.74, 6) is 0.930. The number of hydrogen-bond donors (Lipinski definition) is 0. The number of benzene rings is 2. The second-order valence-electron chi connectivity index (χ2n) is 7.96. The van der Waals surface area contributed by atoms with Crippen molar-refractivity contribution in [1.29, 1.82) is 0 Å². The van der Waals surface area contributed by atoms with Gasteiger partial charge in [0, 0.05) is 32.2 Å². The van der Waals surface area contributed by atoms with Gasteiger partial charge in [-0.3, -0.25) is 0 Å². The van der Waals surface area contributed by atoms with Gasteiger partial charge in [0.2, 0.25) is 0 Å². The Morgan fingerprint density at radius 2 is 1.59 bits per heavy atom. The molecule has 0 amide bonds. The molecule has 0 radical (unpaired) electrons. The number of para-hydroxylation sites is 1. The standard InChI is InChI=1S/C22H29N3OSi/c1-24-17-16-23-21(24)22(26-27(3,4)5,19-12-8-6-9-13-19)18-25(2)20-14-10-7-11-15-20/h6-17H,18H2,1-5H3. The van der Waals surface area contributed by atoms with E-state index in [1.165, 1.54) is 0 Å². The summed E-state index contributed by atoms with van der Waals surface area (Å²) < 4.78 is 9.02. The number of imidazole rings is 1. The summed E-state index contributed by atoms with van der Waals surface area (Å²) in [6.45, 7) is 7.37. The van der Waals surface area contributed by atoms with E-state index in [1.54, 1.807) is 0 Å². The first kappa shape index (κ1) is 19.4. The van der Waals surface area contributed by atoms with Crippen LogP contribution in [-0.4, -0.2) is 31.5 Å². The number of rotatable bonds is 7. The molecule has 142 valence electrons. The number of anilines is 1. The molecule has 0 aliphatic carbocycles. The van der Waals surface area contributed by atoms with Gasteiger partial charge >= 0.3 is 0 Å². The van der Waals surface area contributed by atoms with Crippen LogP contribution in [0.15, 0.2) is 73.1 Å². The molecule has 3 rings (SSSR count). The van der Waals surface area contributed by atoms with E-state index in [-0.39, 0.29) is 0 Å². The Labute approximate surface area is 163 Å². The number of nitrogens with zero attached hydrogens (tertiary/aromatic N) is 3. The number of likely N-dealkylation sites (N-methyl/N-ethyl adjacent to an activating group) is 1. The van der Waals surface area contributed by atoms with Crippen LogP contribution in [0.5, 0.6) is 0 Å². The monoisotopic (exact) mass is 379 g/mol. The molecule has 27 heavy (non-hydrogen) atoms. The van der Waals surface area contributed by atoms with Gasteiger partial charge in [0.1, 0.15) is 5.82 Å². The molecule has 1 aromatic heterocycles. The molecule has 0 N–H and O–H groups in total. The highest BCUT2D eigenvalue weighted by molar-refractivity contribution is 6.69. The fourth-order valence-corrected chi connectivity index (χ4v) is 4.84. The van der Waals surface area contributed by atoms with Gasteiger partial charge in [-0.15, -0.1) is 0 Å². The van der Waals surface area contributed by atoms with Crippen molar-refractivity contribution in [3.63, 3.8) is 0 Å². The molecule has 0 saturated carbocycles. The molecular weight excluding hydrogens is 350 g/mol. The minimum Gasteiger partial charge on any atom is -0.400 e. The third-order valence-corrected chi connectivity index (χ3v) is 5.52. The van der Waals surface area contributed by atoms with Crippen LogP contribution in [0.25, 0.3) is 0 Å². The lowest BCUT2D eigenvalue weighted by Crippen LogP contribution is -2.50. The van der Waals surface area contributed by atoms with E-state index in [1.807, 2.05) is 31.6 Å². The van der Waals surface area contributed by atoms with Crippen LogP contribution in [0.3, 0.4) is 0 Å². The van der Waals surface area contributed by atoms with Gasteiger partial charge in [0.05, 0.1) is 6.54 Å². The summed E-state index contributed by atoms with van der Waals surface area (Å²) in [4.78, 5) is 6.98. The second kappa shape index (κ2) is 7.70. The maximum absolute atomic E-state index is 6.94. The molecule has 5 heteroatoms. The fourth-order valence-electron chi connectivity index (χ4n) is 3.52. The molecule has 1 heterocycles. The summed E-state index contributed by atoms with van der Waals surface area (Å²) in [7, 11) is 2.25. The Morgan fingerprint density at radius 3 is 2.11 bits per heavy atom. The van der Waals surface area contributed by atoms with Crippen molar-refractivity contribution in [1.82, 2.24) is 9.55 Å². The molecule has 1 atom stereocenters. The molecule has 2 aromatic carbocycles. The van der Waals surface area contributed by atoms with Crippen LogP contribution in [0.4, 0.5) is 5.69 Å². The largest absolute Gasteiger partial charge is 0.400 e. The molecule has 0 aliphatic heterocycles. The zero-order valence-electron chi connectivity index (χ0n) is 16.9. The predicted octanol–water partition coefficient (Wildman–Crippen LogP) is 4.65. The average molecular weight is 380 g/mol. The first-order valence-electron chi connectivity index (χ1n) is 9.31. The highest BCUT2D eigenvalue weighted by Gasteiger charge is 2.43. The normalized spacial score (nSPS) is 14.0. The molecule has 0 saturated heterocycles. The van der Waals surface area contributed by atoms with Crippen LogP contribution < -0.4 is 4.90 Å². The number of aryl methyl sites for hydroxylation is 1. The van der Waals surface area contributed by atoms with Crippen molar-refractivity contribution in [3.8, 4) is 0 Å². The van der Waals surface area contributed by atoms with E-state index >= 15 is 0 Å². The maximum Gasteiger partial charge on any atom is 0.185 e. The van der Waals surface area contributed by atoms with E-state index in [0.717, 1.165) is 17.1 Å². The quantitative estimate of drug-likeness (QED) is 0.560. The second-order valence-corrected chi connectivity index (χ2v) is 12.4. The van der Waals surface area contributed by atoms with E-state index in [4.69, 9.17) is 9.41 Å². The Bertz CT molecular complexity index is 858. The van der Waals surface area contributed by atoms with Gasteiger partial charge in [0.25, 0.3) is 0 Å². The highest BCUT2D eigenvalue weighted by atomic mass is 28.4. The molecule has 0 fully saturated rings. The van der Waals surface area contributed by atoms with Crippen molar-refractivity contribution in [2.75, 3.05) is 18.5 Å². The predicted molar refractivity (Wildman–Crippen MR) is 115 cm³/mol. The third kappa shape index (κ3) is 4.31. The number of hydrogen-bond acceptors (Lipinski definition) is 3. The summed E-state index contributed by atoms with van der Waals surface area (Å²) in [6, 6.07) is 20.9. The van der Waals surface area contributed by atoms with E-state index in [9.17, 15) is 0 Å². The summed E-state index contributed by atoms with van der Waals surface area (Å²) in [6.07, 6.45) is 3.84. The first-order chi connectivity index (χ1) is 12.8. The lowest BCUT2D eigenvalue weighted by atomic mass is 9.92. The van der Waals surface area contributed by atoms with Crippen molar-refractivity contribution >= 4 is 14.0 Å². The van der Waals surface area contributed by atoms with Crippen LogP contribution in [0.1, 0.15) is 11.4 Å². The molecule has 0 aliphatic rings. The molecule has 0 bridgehead atoms. The Hall–Kier alpha value is -2.37. The molecule has 4 nitrogen and oxygen atoms in total. The highest BCUT2D eigenvalue weighted by Crippen LogP contribution is 2.37. The van der Waals surface area contributed by atoms with Gasteiger partial charge in [-0.1, -0.05) is 48.5 Å². The van der Waals surface area contributed by atoms with Crippen LogP contribution in [0.2, 0.25) is 19.6 Å². The van der Waals surface area contributed by atoms with Gasteiger partial charge in [-0.25, -0.2) is 4.98 Å². The average Bonchev–Trinajstić information content (AvgIpc) is 3.08. The maximum atomic E-state index is 6.94. The third-order valence-electron chi connectivity index (χ3n) is 4.56. The molecule has 3 aromatic rings. The fraction of sp³-hybridized carbons (Fsp3) is 0.318. The molecule has 1 unspecified atom stereocenters. The summed E-state index contributed by atoms with van der Waals surface area (Å²) >= 11 is 0. The zero-order chi connectivity index (χ0) is 19.5. The first-order valence-corrected chi connectivity index (χ1v) is 12.7. The van der Waals surface area contributed by atoms with Crippen molar-refractivity contribution in [2.45, 2.75) is 25.2 Å². The topological polar surface area (TPSA) is 30.3 Å². The smallest absolute Gasteiger partial charge is 0.185 e. The van der Waals surface area contributed by atoms with Gasteiger partial charge in [-0.05, 0) is 37.3 Å². The zero-order valence-corrected chi connectivity index (χ0v) is 17.9. The lowest BCUT2D eigenvalue weighted by molar-refractivity contribution is 0.0969. The Morgan fingerprint density at radius 1 is 1.00 bits per heavy atom. The van der Waals surface area contributed by atoms with E-state index in [0.29, 0.717) is 6.54 Å². The SMILES string of the molecule is CN(CC(O[Si](C)(C)C)(c1ccccc1)c1nccn1C)c1ccccc1. The van der Waals surface area contributed by atoms with Gasteiger partial charge in [0.15, 0.2) is 13.9 Å². The Kier molecular flexibility index (Phi) is 5.53. The number of aromatic nitrogens is 2. The molecule has 0 spiro atoms. The molecular formula is C22H29N3OSi. The van der Waals surface area contributed by atoms with Crippen LogP contribution >= 0.6 is 0 Å². The van der Waals surface area contributed by atoms with Crippen molar-refractivity contribution < 1.29 is 4.43 Å². The van der Waals surface area contributed by atoms with E-state index in [2.05, 4.69) is 84.7 Å². The Balaban J connectivity index is 2.15. The minimum atomic E-state index is -1.90. The lowest BCUT2D eigenvalue weighted by Gasteiger charge is -2.42. The van der Waals surface area contributed by atoms with E-state index < -0.39 is 13.9 Å². The minimum absolute atomic E-state index is 0.644. The van der Waals surface area contributed by atoms with Crippen LogP contribution in [-0.2, 0) is 17.1 Å². The summed E-state index contributed by atoms with van der Waals surface area (Å²) in [5, 5.41) is 0. The van der Waals surface area contributed by atoms with Crippen molar-refractivity contribution in [3.05, 3.63) is 84.4 Å². The van der Waals surface area contributed by atoms with Gasteiger partial charge < -0.3 is 13.9 Å².